The molecule has 1 fully saturated rings. The summed E-state index contributed by atoms with van der Waals surface area (Å²) in [6.07, 6.45) is 6.07. The van der Waals surface area contributed by atoms with E-state index in [1.807, 2.05) is 12.1 Å². The predicted octanol–water partition coefficient (Wildman–Crippen LogP) is 1.55. The summed E-state index contributed by atoms with van der Waals surface area (Å²) in [5.41, 5.74) is 1.78. The number of amides is 1. The first-order chi connectivity index (χ1) is 7.28. The normalized spacial score (nSPS) is 14.7. The van der Waals surface area contributed by atoms with Crippen LogP contribution in [-0.2, 0) is 11.2 Å². The van der Waals surface area contributed by atoms with Crippen molar-refractivity contribution < 1.29 is 4.79 Å². The average molecular weight is 202 g/mol. The van der Waals surface area contributed by atoms with Gasteiger partial charge in [0.1, 0.15) is 0 Å². The summed E-state index contributed by atoms with van der Waals surface area (Å²) in [4.78, 5) is 15.6. The summed E-state index contributed by atoms with van der Waals surface area (Å²) in [6.45, 7) is 3.65. The van der Waals surface area contributed by atoms with Crippen LogP contribution in [0, 0.1) is 0 Å². The molecular weight excluding hydrogens is 188 g/mol. The summed E-state index contributed by atoms with van der Waals surface area (Å²) >= 11 is 0. The predicted molar refractivity (Wildman–Crippen MR) is 59.2 cm³/mol. The van der Waals surface area contributed by atoms with Gasteiger partial charge in [0.25, 0.3) is 0 Å². The summed E-state index contributed by atoms with van der Waals surface area (Å²) in [5, 5.41) is 2.93. The van der Waals surface area contributed by atoms with Gasteiger partial charge in [0, 0.05) is 17.9 Å². The van der Waals surface area contributed by atoms with Crippen molar-refractivity contribution in [2.24, 2.45) is 0 Å². The van der Waals surface area contributed by atoms with E-state index < -0.39 is 0 Å². The summed E-state index contributed by atoms with van der Waals surface area (Å²) in [6, 6.07) is 4.20. The first kappa shape index (κ1) is 9.90. The number of hydrogen-bond acceptors (Lipinski definition) is 2. The SMILES string of the molecule is C=Cc1ccc(CC(=O)NC2CC2)nc1. The molecule has 1 N–H and O–H groups in total. The smallest absolute Gasteiger partial charge is 0.226 e. The van der Waals surface area contributed by atoms with Gasteiger partial charge >= 0.3 is 0 Å². The van der Waals surface area contributed by atoms with Gasteiger partial charge in [-0.15, -0.1) is 0 Å². The second-order valence-electron chi connectivity index (χ2n) is 3.81. The van der Waals surface area contributed by atoms with Crippen molar-refractivity contribution >= 4 is 12.0 Å². The average Bonchev–Trinajstić information content (AvgIpc) is 3.03. The number of carbonyl (C=O) groups excluding carboxylic acids is 1. The molecule has 0 spiro atoms. The zero-order chi connectivity index (χ0) is 10.7. The molecule has 0 bridgehead atoms. The maximum Gasteiger partial charge on any atom is 0.226 e. The van der Waals surface area contributed by atoms with E-state index in [0.29, 0.717) is 12.5 Å². The van der Waals surface area contributed by atoms with Crippen LogP contribution in [0.3, 0.4) is 0 Å². The number of carbonyl (C=O) groups is 1. The fourth-order valence-electron chi connectivity index (χ4n) is 1.33. The Balaban J connectivity index is 1.91. The van der Waals surface area contributed by atoms with E-state index >= 15 is 0 Å². The Morgan fingerprint density at radius 1 is 1.60 bits per heavy atom. The van der Waals surface area contributed by atoms with Gasteiger partial charge in [0.15, 0.2) is 0 Å². The van der Waals surface area contributed by atoms with Crippen LogP contribution in [0.25, 0.3) is 6.08 Å². The molecule has 3 nitrogen and oxygen atoms in total. The van der Waals surface area contributed by atoms with Crippen molar-refractivity contribution in [1.29, 1.82) is 0 Å². The lowest BCUT2D eigenvalue weighted by Gasteiger charge is -2.02. The van der Waals surface area contributed by atoms with Crippen LogP contribution in [-0.4, -0.2) is 16.9 Å². The molecule has 1 aromatic heterocycles. The van der Waals surface area contributed by atoms with Gasteiger partial charge in [0.05, 0.1) is 6.42 Å². The van der Waals surface area contributed by atoms with Crippen LogP contribution in [0.1, 0.15) is 24.1 Å². The fraction of sp³-hybridized carbons (Fsp3) is 0.333. The molecule has 2 rings (SSSR count). The van der Waals surface area contributed by atoms with Crippen molar-refractivity contribution in [3.63, 3.8) is 0 Å². The van der Waals surface area contributed by atoms with Crippen molar-refractivity contribution in [1.82, 2.24) is 10.3 Å². The lowest BCUT2D eigenvalue weighted by atomic mass is 10.2. The van der Waals surface area contributed by atoms with Crippen molar-refractivity contribution in [3.8, 4) is 0 Å². The summed E-state index contributed by atoms with van der Waals surface area (Å²) in [7, 11) is 0. The Morgan fingerprint density at radius 3 is 2.93 bits per heavy atom. The topological polar surface area (TPSA) is 42.0 Å². The first-order valence-corrected chi connectivity index (χ1v) is 5.14. The molecule has 1 amide bonds. The van der Waals surface area contributed by atoms with Gasteiger partial charge in [-0.2, -0.15) is 0 Å². The zero-order valence-corrected chi connectivity index (χ0v) is 8.57. The molecule has 0 unspecified atom stereocenters. The Kier molecular flexibility index (Phi) is 2.81. The molecule has 78 valence electrons. The van der Waals surface area contributed by atoms with E-state index in [9.17, 15) is 4.79 Å². The minimum Gasteiger partial charge on any atom is -0.353 e. The van der Waals surface area contributed by atoms with Crippen LogP contribution >= 0.6 is 0 Å². The van der Waals surface area contributed by atoms with Crippen LogP contribution in [0.15, 0.2) is 24.9 Å². The number of nitrogens with zero attached hydrogens (tertiary/aromatic N) is 1. The second-order valence-corrected chi connectivity index (χ2v) is 3.81. The monoisotopic (exact) mass is 202 g/mol. The van der Waals surface area contributed by atoms with Gasteiger partial charge < -0.3 is 5.32 Å². The third-order valence-electron chi connectivity index (χ3n) is 2.37. The largest absolute Gasteiger partial charge is 0.353 e. The molecule has 1 aromatic rings. The van der Waals surface area contributed by atoms with Crippen molar-refractivity contribution in [2.75, 3.05) is 0 Å². The van der Waals surface area contributed by atoms with E-state index in [1.165, 1.54) is 0 Å². The Bertz CT molecular complexity index is 366. The van der Waals surface area contributed by atoms with E-state index in [1.54, 1.807) is 12.3 Å². The third kappa shape index (κ3) is 2.91. The summed E-state index contributed by atoms with van der Waals surface area (Å²) < 4.78 is 0. The maximum absolute atomic E-state index is 11.4. The molecule has 0 atom stereocenters. The molecule has 3 heteroatoms. The molecule has 0 radical (unpaired) electrons. The van der Waals surface area contributed by atoms with E-state index in [-0.39, 0.29) is 5.91 Å². The highest BCUT2D eigenvalue weighted by Crippen LogP contribution is 2.18. The van der Waals surface area contributed by atoms with Crippen LogP contribution < -0.4 is 5.32 Å². The van der Waals surface area contributed by atoms with Gasteiger partial charge in [-0.25, -0.2) is 0 Å². The summed E-state index contributed by atoms with van der Waals surface area (Å²) in [5.74, 6) is 0.0661. The van der Waals surface area contributed by atoms with Crippen LogP contribution in [0.4, 0.5) is 0 Å². The molecule has 0 aromatic carbocycles. The van der Waals surface area contributed by atoms with Gasteiger partial charge in [-0.1, -0.05) is 18.7 Å². The Morgan fingerprint density at radius 2 is 2.40 bits per heavy atom. The van der Waals surface area contributed by atoms with Crippen LogP contribution in [0.2, 0.25) is 0 Å². The van der Waals surface area contributed by atoms with E-state index in [2.05, 4.69) is 16.9 Å². The number of pyridine rings is 1. The first-order valence-electron chi connectivity index (χ1n) is 5.14. The lowest BCUT2D eigenvalue weighted by Crippen LogP contribution is -2.27. The lowest BCUT2D eigenvalue weighted by molar-refractivity contribution is -0.120. The highest BCUT2D eigenvalue weighted by atomic mass is 16.1. The van der Waals surface area contributed by atoms with Crippen LogP contribution in [0.5, 0.6) is 0 Å². The molecule has 1 aliphatic rings. The molecular formula is C12H14N2O. The number of nitrogens with one attached hydrogen (secondary N) is 1. The Hall–Kier alpha value is -1.64. The molecule has 1 aliphatic carbocycles. The standard InChI is InChI=1S/C12H14N2O/c1-2-9-3-4-11(13-8-9)7-12(15)14-10-5-6-10/h2-4,8,10H,1,5-7H2,(H,14,15). The van der Waals surface area contributed by atoms with Crippen molar-refractivity contribution in [2.45, 2.75) is 25.3 Å². The molecule has 0 aliphatic heterocycles. The molecule has 1 saturated carbocycles. The molecule has 1 heterocycles. The minimum absolute atomic E-state index is 0.0661. The minimum atomic E-state index is 0.0661. The highest BCUT2D eigenvalue weighted by molar-refractivity contribution is 5.78. The number of rotatable bonds is 4. The van der Waals surface area contributed by atoms with Gasteiger partial charge in [-0.05, 0) is 24.5 Å². The highest BCUT2D eigenvalue weighted by Gasteiger charge is 2.23. The van der Waals surface area contributed by atoms with Gasteiger partial charge in [-0.3, -0.25) is 9.78 Å². The molecule has 15 heavy (non-hydrogen) atoms. The van der Waals surface area contributed by atoms with Crippen molar-refractivity contribution in [3.05, 3.63) is 36.2 Å². The fourth-order valence-corrected chi connectivity index (χ4v) is 1.33. The quantitative estimate of drug-likeness (QED) is 0.804. The van der Waals surface area contributed by atoms with E-state index in [0.717, 1.165) is 24.1 Å². The number of hydrogen-bond donors (Lipinski definition) is 1. The Labute approximate surface area is 89.2 Å². The van der Waals surface area contributed by atoms with Gasteiger partial charge in [0.2, 0.25) is 5.91 Å². The van der Waals surface area contributed by atoms with E-state index in [4.69, 9.17) is 0 Å². The third-order valence-corrected chi connectivity index (χ3v) is 2.37. The molecule has 0 saturated heterocycles. The second kappa shape index (κ2) is 4.26. The maximum atomic E-state index is 11.4. The zero-order valence-electron chi connectivity index (χ0n) is 8.57. The number of aromatic nitrogens is 1.